The van der Waals surface area contributed by atoms with Crippen LogP contribution in [0.15, 0.2) is 23.2 Å². The minimum absolute atomic E-state index is 0.0609. The van der Waals surface area contributed by atoms with Crippen molar-refractivity contribution in [3.8, 4) is 11.5 Å². The van der Waals surface area contributed by atoms with Crippen LogP contribution in [-0.4, -0.2) is 38.1 Å². The summed E-state index contributed by atoms with van der Waals surface area (Å²) in [6, 6.07) is 4.10. The summed E-state index contributed by atoms with van der Waals surface area (Å²) in [7, 11) is 0. The van der Waals surface area contributed by atoms with Crippen LogP contribution in [0.3, 0.4) is 0 Å². The van der Waals surface area contributed by atoms with Crippen LogP contribution >= 0.6 is 11.8 Å². The minimum atomic E-state index is -1.28. The van der Waals surface area contributed by atoms with Crippen LogP contribution in [0.25, 0.3) is 0 Å². The normalized spacial score (nSPS) is 12.5. The van der Waals surface area contributed by atoms with Gasteiger partial charge in [-0.25, -0.2) is 4.79 Å². The molecule has 0 aromatic heterocycles. The van der Waals surface area contributed by atoms with Crippen LogP contribution in [0.1, 0.15) is 19.4 Å². The van der Waals surface area contributed by atoms with Crippen molar-refractivity contribution >= 4 is 22.8 Å². The molecule has 0 amide bonds. The van der Waals surface area contributed by atoms with Crippen molar-refractivity contribution in [1.82, 2.24) is 0 Å². The van der Waals surface area contributed by atoms with Crippen molar-refractivity contribution in [2.45, 2.75) is 19.4 Å². The molecule has 0 saturated carbocycles. The maximum atomic E-state index is 11.0. The van der Waals surface area contributed by atoms with Gasteiger partial charge < -0.3 is 15.3 Å². The molecule has 0 fully saturated rings. The molecule has 0 aliphatic rings. The largest absolute Gasteiger partial charge is 0.508 e. The fraction of sp³-hybridized carbons (Fsp3) is 0.333. The Hall–Kier alpha value is -1.69. The summed E-state index contributed by atoms with van der Waals surface area (Å²) in [5.41, 5.74) is -0.877. The van der Waals surface area contributed by atoms with Gasteiger partial charge in [0.25, 0.3) is 0 Å². The highest BCUT2D eigenvalue weighted by atomic mass is 32.2. The SMILES string of the molecule is CSC(=NC(C)(C)C(=O)O)c1ccc(O)cc1O. The third kappa shape index (κ3) is 3.16. The minimum Gasteiger partial charge on any atom is -0.508 e. The predicted molar refractivity (Wildman–Crippen MR) is 71.5 cm³/mol. The number of thioether (sulfide) groups is 1. The van der Waals surface area contributed by atoms with E-state index in [0.29, 0.717) is 10.6 Å². The molecular formula is C12H15NO4S. The van der Waals surface area contributed by atoms with Gasteiger partial charge in [-0.15, -0.1) is 11.8 Å². The van der Waals surface area contributed by atoms with Crippen molar-refractivity contribution in [3.05, 3.63) is 23.8 Å². The number of hydrogen-bond donors (Lipinski definition) is 3. The van der Waals surface area contributed by atoms with E-state index >= 15 is 0 Å². The van der Waals surface area contributed by atoms with Crippen molar-refractivity contribution in [1.29, 1.82) is 0 Å². The third-order valence-corrected chi connectivity index (χ3v) is 3.01. The fourth-order valence-electron chi connectivity index (χ4n) is 1.22. The molecule has 3 N–H and O–H groups in total. The predicted octanol–water partition coefficient (Wildman–Crippen LogP) is 2.07. The first-order valence-electron chi connectivity index (χ1n) is 5.17. The fourth-order valence-corrected chi connectivity index (χ4v) is 1.93. The summed E-state index contributed by atoms with van der Waals surface area (Å²) >= 11 is 1.23. The van der Waals surface area contributed by atoms with Crippen LogP contribution in [0.5, 0.6) is 11.5 Å². The molecule has 0 aliphatic carbocycles. The zero-order chi connectivity index (χ0) is 13.9. The topological polar surface area (TPSA) is 90.1 Å². The second kappa shape index (κ2) is 5.30. The summed E-state index contributed by atoms with van der Waals surface area (Å²) in [5, 5.41) is 28.4. The van der Waals surface area contributed by atoms with Crippen molar-refractivity contribution in [2.24, 2.45) is 4.99 Å². The Balaban J connectivity index is 3.26. The number of phenolic OH excluding ortho intramolecular Hbond substituents is 2. The molecule has 1 aromatic carbocycles. The first-order chi connectivity index (χ1) is 8.27. The van der Waals surface area contributed by atoms with E-state index in [9.17, 15) is 15.0 Å². The van der Waals surface area contributed by atoms with Crippen LogP contribution in [0.2, 0.25) is 0 Å². The van der Waals surface area contributed by atoms with E-state index in [1.807, 2.05) is 0 Å². The highest BCUT2D eigenvalue weighted by molar-refractivity contribution is 8.13. The van der Waals surface area contributed by atoms with Gasteiger partial charge >= 0.3 is 5.97 Å². The molecular weight excluding hydrogens is 254 g/mol. The zero-order valence-electron chi connectivity index (χ0n) is 10.3. The lowest BCUT2D eigenvalue weighted by Crippen LogP contribution is -2.30. The number of carbonyl (C=O) groups is 1. The lowest BCUT2D eigenvalue weighted by atomic mass is 10.1. The van der Waals surface area contributed by atoms with Gasteiger partial charge in [0.15, 0.2) is 5.54 Å². The maximum Gasteiger partial charge on any atom is 0.331 e. The summed E-state index contributed by atoms with van der Waals surface area (Å²) in [6.07, 6.45) is 1.74. The first kappa shape index (κ1) is 14.4. The van der Waals surface area contributed by atoms with Gasteiger partial charge in [0.1, 0.15) is 16.5 Å². The highest BCUT2D eigenvalue weighted by Crippen LogP contribution is 2.27. The first-order valence-corrected chi connectivity index (χ1v) is 6.40. The molecule has 18 heavy (non-hydrogen) atoms. The van der Waals surface area contributed by atoms with E-state index in [0.717, 1.165) is 0 Å². The number of benzene rings is 1. The molecule has 0 bridgehead atoms. The molecule has 0 unspecified atom stereocenters. The highest BCUT2D eigenvalue weighted by Gasteiger charge is 2.27. The van der Waals surface area contributed by atoms with Gasteiger partial charge in [-0.2, -0.15) is 0 Å². The number of aromatic hydroxyl groups is 2. The Morgan fingerprint density at radius 1 is 1.33 bits per heavy atom. The molecule has 0 aliphatic heterocycles. The third-order valence-electron chi connectivity index (χ3n) is 2.31. The number of carboxylic acids is 1. The molecule has 1 rings (SSSR count). The van der Waals surface area contributed by atoms with E-state index in [-0.39, 0.29) is 11.5 Å². The molecule has 0 heterocycles. The Bertz CT molecular complexity index is 497. The Labute approximate surface area is 109 Å². The standard InChI is InChI=1S/C12H15NO4S/c1-12(2,11(16)17)13-10(18-3)8-5-4-7(14)6-9(8)15/h4-6,14-15H,1-3H3,(H,16,17). The molecule has 1 aromatic rings. The Morgan fingerprint density at radius 3 is 2.39 bits per heavy atom. The van der Waals surface area contributed by atoms with Gasteiger partial charge in [-0.05, 0) is 32.2 Å². The van der Waals surface area contributed by atoms with Gasteiger partial charge in [-0.3, -0.25) is 4.99 Å². The molecule has 6 heteroatoms. The number of aliphatic imine (C=N–C) groups is 1. The average Bonchev–Trinajstić information content (AvgIpc) is 2.26. The van der Waals surface area contributed by atoms with E-state index in [1.165, 1.54) is 43.8 Å². The van der Waals surface area contributed by atoms with Crippen LogP contribution in [0, 0.1) is 0 Å². The van der Waals surface area contributed by atoms with Gasteiger partial charge in [0.2, 0.25) is 0 Å². The van der Waals surface area contributed by atoms with Crippen LogP contribution in [-0.2, 0) is 4.79 Å². The van der Waals surface area contributed by atoms with Crippen molar-refractivity contribution in [2.75, 3.05) is 6.26 Å². The molecule has 5 nitrogen and oxygen atoms in total. The number of carboxylic acid groups (broad SMARTS) is 1. The zero-order valence-corrected chi connectivity index (χ0v) is 11.2. The van der Waals surface area contributed by atoms with Crippen molar-refractivity contribution in [3.63, 3.8) is 0 Å². The van der Waals surface area contributed by atoms with E-state index in [4.69, 9.17) is 5.11 Å². The summed E-state index contributed by atoms with van der Waals surface area (Å²) in [4.78, 5) is 15.1. The van der Waals surface area contributed by atoms with Crippen LogP contribution in [0.4, 0.5) is 0 Å². The summed E-state index contributed by atoms with van der Waals surface area (Å²) in [6.45, 7) is 2.95. The lowest BCUT2D eigenvalue weighted by Gasteiger charge is -2.16. The summed E-state index contributed by atoms with van der Waals surface area (Å²) in [5.74, 6) is -1.24. The van der Waals surface area contributed by atoms with Gasteiger partial charge in [0, 0.05) is 11.6 Å². The quantitative estimate of drug-likeness (QED) is 0.577. The smallest absolute Gasteiger partial charge is 0.331 e. The van der Waals surface area contributed by atoms with Crippen LogP contribution < -0.4 is 0 Å². The monoisotopic (exact) mass is 269 g/mol. The lowest BCUT2D eigenvalue weighted by molar-refractivity contribution is -0.141. The molecule has 0 spiro atoms. The van der Waals surface area contributed by atoms with Gasteiger partial charge in [0.05, 0.1) is 0 Å². The summed E-state index contributed by atoms with van der Waals surface area (Å²) < 4.78 is 0. The molecule has 0 saturated heterocycles. The Morgan fingerprint density at radius 2 is 1.94 bits per heavy atom. The van der Waals surface area contributed by atoms with Crippen molar-refractivity contribution < 1.29 is 20.1 Å². The second-order valence-electron chi connectivity index (χ2n) is 4.19. The van der Waals surface area contributed by atoms with E-state index in [1.54, 1.807) is 6.26 Å². The van der Waals surface area contributed by atoms with Gasteiger partial charge in [-0.1, -0.05) is 0 Å². The number of nitrogens with zero attached hydrogens (tertiary/aromatic N) is 1. The second-order valence-corrected chi connectivity index (χ2v) is 4.98. The number of rotatable bonds is 3. The average molecular weight is 269 g/mol. The Kier molecular flexibility index (Phi) is 4.24. The van der Waals surface area contributed by atoms with E-state index in [2.05, 4.69) is 4.99 Å². The molecule has 0 atom stereocenters. The number of phenols is 2. The van der Waals surface area contributed by atoms with E-state index < -0.39 is 11.5 Å². The maximum absolute atomic E-state index is 11.0. The number of hydrogen-bond acceptors (Lipinski definition) is 5. The number of aliphatic carboxylic acids is 1. The molecule has 98 valence electrons. The molecule has 0 radical (unpaired) electrons.